The van der Waals surface area contributed by atoms with Crippen molar-refractivity contribution in [3.63, 3.8) is 0 Å². The zero-order valence-electron chi connectivity index (χ0n) is 16.6. The van der Waals surface area contributed by atoms with Gasteiger partial charge in [0.2, 0.25) is 0 Å². The largest absolute Gasteiger partial charge is 0.420 e. The second-order valence-electron chi connectivity index (χ2n) is 7.44. The minimum absolute atomic E-state index is 0.0349. The molecule has 0 bridgehead atoms. The zero-order chi connectivity index (χ0) is 22.5. The van der Waals surface area contributed by atoms with Crippen LogP contribution in [0.3, 0.4) is 0 Å². The molecule has 0 spiro atoms. The van der Waals surface area contributed by atoms with Crippen LogP contribution < -0.4 is 0 Å². The third kappa shape index (κ3) is 3.38. The van der Waals surface area contributed by atoms with Crippen molar-refractivity contribution in [3.8, 4) is 0 Å². The Kier molecular flexibility index (Phi) is 4.85. The van der Waals surface area contributed by atoms with E-state index in [1.807, 2.05) is 12.3 Å². The van der Waals surface area contributed by atoms with E-state index >= 15 is 0 Å². The highest BCUT2D eigenvalue weighted by Crippen LogP contribution is 2.46. The fourth-order valence-electron chi connectivity index (χ4n) is 3.72. The van der Waals surface area contributed by atoms with Crippen molar-refractivity contribution in [2.75, 3.05) is 0 Å². The van der Waals surface area contributed by atoms with Crippen LogP contribution >= 0.6 is 23.1 Å². The summed E-state index contributed by atoms with van der Waals surface area (Å²) < 4.78 is 14.0. The van der Waals surface area contributed by atoms with Gasteiger partial charge in [-0.25, -0.2) is 4.79 Å². The van der Waals surface area contributed by atoms with Gasteiger partial charge >= 0.3 is 5.97 Å². The number of cyclic esters (lactones) is 1. The summed E-state index contributed by atoms with van der Waals surface area (Å²) in [4.78, 5) is 24.0. The number of fused-ring (bicyclic) bond motifs is 1. The molecule has 2 aromatic heterocycles. The molecule has 8 nitrogen and oxygen atoms in total. The number of non-ortho nitro benzene ring substituents is 1. The molecule has 0 fully saturated rings. The van der Waals surface area contributed by atoms with Crippen molar-refractivity contribution >= 4 is 51.3 Å². The van der Waals surface area contributed by atoms with Crippen LogP contribution in [0.5, 0.6) is 0 Å². The SMILES string of the molecule is Cc1csc(C2(O)OC(=O)C(c3ccc4nsnc4c3)=C2Cc2ccc([N+](=O)[O-])cc2)c1. The van der Waals surface area contributed by atoms with Crippen LogP contribution in [-0.4, -0.2) is 24.7 Å². The predicted octanol–water partition coefficient (Wildman–Crippen LogP) is 4.37. The normalized spacial score (nSPS) is 18.4. The minimum atomic E-state index is -1.93. The van der Waals surface area contributed by atoms with Crippen LogP contribution in [0.2, 0.25) is 0 Å². The number of aromatic nitrogens is 2. The summed E-state index contributed by atoms with van der Waals surface area (Å²) in [7, 11) is 0. The maximum absolute atomic E-state index is 13.0. The standard InChI is InChI=1S/C22H15N3O5S2/c1-12-8-19(31-11-12)22(27)16(9-13-2-5-15(6-3-13)25(28)29)20(21(26)30-22)14-4-7-17-18(10-14)24-32-23-17/h2-8,10-11,27H,9H2,1H3. The number of nitro groups is 1. The van der Waals surface area contributed by atoms with E-state index in [4.69, 9.17) is 4.74 Å². The van der Waals surface area contributed by atoms with Gasteiger partial charge in [0.25, 0.3) is 11.5 Å². The van der Waals surface area contributed by atoms with Crippen molar-refractivity contribution in [1.29, 1.82) is 0 Å². The van der Waals surface area contributed by atoms with E-state index < -0.39 is 16.7 Å². The number of aryl methyl sites for hydroxylation is 1. The van der Waals surface area contributed by atoms with Crippen molar-refractivity contribution in [2.24, 2.45) is 0 Å². The number of carbonyl (C=O) groups is 1. The van der Waals surface area contributed by atoms with Crippen molar-refractivity contribution in [2.45, 2.75) is 19.1 Å². The molecule has 1 aliphatic heterocycles. The second kappa shape index (κ2) is 7.59. The molecular formula is C22H15N3O5S2. The molecule has 0 amide bonds. The number of carbonyl (C=O) groups excluding carboxylic acids is 1. The summed E-state index contributed by atoms with van der Waals surface area (Å²) in [6.07, 6.45) is 0.167. The molecule has 10 heteroatoms. The van der Waals surface area contributed by atoms with E-state index in [1.54, 1.807) is 36.4 Å². The Morgan fingerprint density at radius 3 is 2.56 bits per heavy atom. The maximum atomic E-state index is 13.0. The van der Waals surface area contributed by atoms with Gasteiger partial charge in [0.1, 0.15) is 11.0 Å². The Morgan fingerprint density at radius 1 is 1.12 bits per heavy atom. The summed E-state index contributed by atoms with van der Waals surface area (Å²) in [5.41, 5.74) is 4.16. The lowest BCUT2D eigenvalue weighted by atomic mass is 9.90. The molecule has 160 valence electrons. The first-order chi connectivity index (χ1) is 15.3. The first kappa shape index (κ1) is 20.4. The third-order valence-corrected chi connectivity index (χ3v) is 6.99. The highest BCUT2D eigenvalue weighted by Gasteiger charge is 2.49. The predicted molar refractivity (Wildman–Crippen MR) is 120 cm³/mol. The van der Waals surface area contributed by atoms with E-state index in [2.05, 4.69) is 8.75 Å². The molecule has 1 atom stereocenters. The molecule has 32 heavy (non-hydrogen) atoms. The fraction of sp³-hybridized carbons (Fsp3) is 0.136. The van der Waals surface area contributed by atoms with Crippen LogP contribution in [0, 0.1) is 17.0 Å². The Bertz CT molecular complexity index is 1410. The Balaban J connectivity index is 1.67. The van der Waals surface area contributed by atoms with Gasteiger partial charge in [-0.3, -0.25) is 10.1 Å². The summed E-state index contributed by atoms with van der Waals surface area (Å²) in [5, 5.41) is 24.5. The zero-order valence-corrected chi connectivity index (χ0v) is 18.3. The van der Waals surface area contributed by atoms with Gasteiger partial charge in [-0.1, -0.05) is 18.2 Å². The third-order valence-electron chi connectivity index (χ3n) is 5.29. The maximum Gasteiger partial charge on any atom is 0.342 e. The van der Waals surface area contributed by atoms with Gasteiger partial charge < -0.3 is 9.84 Å². The number of thiophene rings is 1. The molecule has 4 aromatic rings. The van der Waals surface area contributed by atoms with Crippen molar-refractivity contribution in [1.82, 2.24) is 8.75 Å². The number of benzene rings is 2. The Labute approximate surface area is 189 Å². The minimum Gasteiger partial charge on any atom is -0.420 e. The van der Waals surface area contributed by atoms with E-state index in [9.17, 15) is 20.0 Å². The van der Waals surface area contributed by atoms with Gasteiger partial charge in [-0.2, -0.15) is 8.75 Å². The smallest absolute Gasteiger partial charge is 0.342 e. The molecular weight excluding hydrogens is 450 g/mol. The van der Waals surface area contributed by atoms with E-state index in [0.29, 0.717) is 32.6 Å². The molecule has 3 heterocycles. The average Bonchev–Trinajstić information content (AvgIpc) is 3.47. The lowest BCUT2D eigenvalue weighted by molar-refractivity contribution is -0.384. The number of rotatable bonds is 5. The molecule has 0 radical (unpaired) electrons. The molecule has 0 saturated heterocycles. The van der Waals surface area contributed by atoms with Crippen LogP contribution in [0.15, 0.2) is 59.5 Å². The highest BCUT2D eigenvalue weighted by atomic mass is 32.1. The number of hydrogen-bond donors (Lipinski definition) is 1. The van der Waals surface area contributed by atoms with Gasteiger partial charge in [0.15, 0.2) is 0 Å². The first-order valence-corrected chi connectivity index (χ1v) is 11.2. The van der Waals surface area contributed by atoms with E-state index in [1.165, 1.54) is 23.5 Å². The van der Waals surface area contributed by atoms with E-state index in [0.717, 1.165) is 17.3 Å². The number of nitro benzene ring substituents is 1. The highest BCUT2D eigenvalue weighted by molar-refractivity contribution is 7.10. The van der Waals surface area contributed by atoms with Crippen LogP contribution in [0.1, 0.15) is 21.6 Å². The lowest BCUT2D eigenvalue weighted by Crippen LogP contribution is -2.28. The van der Waals surface area contributed by atoms with Crippen molar-refractivity contribution in [3.05, 3.63) is 91.2 Å². The lowest BCUT2D eigenvalue weighted by Gasteiger charge is -2.24. The number of esters is 1. The molecule has 1 N–H and O–H groups in total. The summed E-state index contributed by atoms with van der Waals surface area (Å²) in [5.74, 6) is -2.57. The molecule has 2 aromatic carbocycles. The number of ether oxygens (including phenoxy) is 1. The number of nitrogens with zero attached hydrogens (tertiary/aromatic N) is 3. The summed E-state index contributed by atoms with van der Waals surface area (Å²) in [6.45, 7) is 1.89. The molecule has 1 unspecified atom stereocenters. The van der Waals surface area contributed by atoms with Gasteiger partial charge in [-0.15, -0.1) is 11.3 Å². The fourth-order valence-corrected chi connectivity index (χ4v) is 5.20. The van der Waals surface area contributed by atoms with Crippen LogP contribution in [0.25, 0.3) is 16.6 Å². The topological polar surface area (TPSA) is 115 Å². The number of hydrogen-bond acceptors (Lipinski definition) is 9. The van der Waals surface area contributed by atoms with Gasteiger partial charge in [-0.05, 0) is 47.2 Å². The van der Waals surface area contributed by atoms with Crippen LogP contribution in [-0.2, 0) is 21.7 Å². The first-order valence-electron chi connectivity index (χ1n) is 9.56. The summed E-state index contributed by atoms with van der Waals surface area (Å²) >= 11 is 2.37. The second-order valence-corrected chi connectivity index (χ2v) is 8.88. The van der Waals surface area contributed by atoms with Crippen molar-refractivity contribution < 1.29 is 19.6 Å². The van der Waals surface area contributed by atoms with E-state index in [-0.39, 0.29) is 17.7 Å². The van der Waals surface area contributed by atoms with Crippen LogP contribution in [0.4, 0.5) is 5.69 Å². The molecule has 1 aliphatic rings. The molecule has 0 aliphatic carbocycles. The Morgan fingerprint density at radius 2 is 1.88 bits per heavy atom. The molecule has 0 saturated carbocycles. The number of aliphatic hydroxyl groups is 1. The molecule has 5 rings (SSSR count). The summed E-state index contributed by atoms with van der Waals surface area (Å²) in [6, 6.07) is 13.1. The quantitative estimate of drug-likeness (QED) is 0.264. The van der Waals surface area contributed by atoms with Gasteiger partial charge in [0.05, 0.1) is 27.1 Å². The van der Waals surface area contributed by atoms with Gasteiger partial charge in [0, 0.05) is 24.1 Å². The monoisotopic (exact) mass is 465 g/mol. The average molecular weight is 466 g/mol. The Hall–Kier alpha value is -3.47.